The van der Waals surface area contributed by atoms with E-state index in [0.717, 1.165) is 28.6 Å². The van der Waals surface area contributed by atoms with Crippen LogP contribution in [0.1, 0.15) is 35.7 Å². The van der Waals surface area contributed by atoms with Gasteiger partial charge in [-0.3, -0.25) is 4.79 Å². The number of rotatable bonds is 7. The highest BCUT2D eigenvalue weighted by molar-refractivity contribution is 9.10. The van der Waals surface area contributed by atoms with Crippen LogP contribution in [0.2, 0.25) is 0 Å². The Morgan fingerprint density at radius 3 is 2.41 bits per heavy atom. The molecule has 2 rings (SSSR count). The van der Waals surface area contributed by atoms with Crippen molar-refractivity contribution >= 4 is 27.8 Å². The number of ether oxygens (including phenoxy) is 1. The highest BCUT2D eigenvalue weighted by Gasteiger charge is 2.02. The van der Waals surface area contributed by atoms with Crippen LogP contribution in [0.25, 0.3) is 6.08 Å². The second kappa shape index (κ2) is 8.54. The predicted octanol–water partition coefficient (Wildman–Crippen LogP) is 5.52. The average molecular weight is 359 g/mol. The quantitative estimate of drug-likeness (QED) is 0.369. The SMILES string of the molecule is CCCCOc1ccc(C(=O)C=Cc2ccc(Br)cc2)cc1. The summed E-state index contributed by atoms with van der Waals surface area (Å²) in [5.74, 6) is 0.796. The lowest BCUT2D eigenvalue weighted by molar-refractivity contribution is 0.104. The molecule has 22 heavy (non-hydrogen) atoms. The molecular weight excluding hydrogens is 340 g/mol. The molecule has 0 amide bonds. The van der Waals surface area contributed by atoms with Crippen LogP contribution in [0.5, 0.6) is 5.75 Å². The van der Waals surface area contributed by atoms with Crippen LogP contribution in [0.4, 0.5) is 0 Å². The molecule has 0 spiro atoms. The van der Waals surface area contributed by atoms with Crippen LogP contribution in [0, 0.1) is 0 Å². The van der Waals surface area contributed by atoms with Crippen molar-refractivity contribution in [1.82, 2.24) is 0 Å². The predicted molar refractivity (Wildman–Crippen MR) is 94.4 cm³/mol. The smallest absolute Gasteiger partial charge is 0.185 e. The second-order valence-electron chi connectivity index (χ2n) is 4.98. The molecule has 0 heterocycles. The molecule has 0 aliphatic rings. The first-order chi connectivity index (χ1) is 10.7. The van der Waals surface area contributed by atoms with Crippen LogP contribution in [0.15, 0.2) is 59.1 Å². The van der Waals surface area contributed by atoms with Gasteiger partial charge in [0.2, 0.25) is 0 Å². The van der Waals surface area contributed by atoms with Crippen LogP contribution < -0.4 is 4.74 Å². The van der Waals surface area contributed by atoms with E-state index in [4.69, 9.17) is 4.74 Å². The maximum absolute atomic E-state index is 12.1. The van der Waals surface area contributed by atoms with Crippen LogP contribution in [0.3, 0.4) is 0 Å². The Morgan fingerprint density at radius 1 is 1.09 bits per heavy atom. The van der Waals surface area contributed by atoms with Gasteiger partial charge in [0.15, 0.2) is 5.78 Å². The summed E-state index contributed by atoms with van der Waals surface area (Å²) in [6, 6.07) is 15.1. The van der Waals surface area contributed by atoms with Gasteiger partial charge in [0.1, 0.15) is 5.75 Å². The molecule has 0 radical (unpaired) electrons. The topological polar surface area (TPSA) is 26.3 Å². The Hall–Kier alpha value is -1.87. The van der Waals surface area contributed by atoms with Gasteiger partial charge in [0, 0.05) is 10.0 Å². The Labute approximate surface area is 139 Å². The number of hydrogen-bond donors (Lipinski definition) is 0. The van der Waals surface area contributed by atoms with Crippen molar-refractivity contribution in [2.75, 3.05) is 6.61 Å². The summed E-state index contributed by atoms with van der Waals surface area (Å²) in [5.41, 5.74) is 1.66. The molecule has 0 bridgehead atoms. The van der Waals surface area contributed by atoms with E-state index in [2.05, 4.69) is 22.9 Å². The van der Waals surface area contributed by atoms with Crippen molar-refractivity contribution in [2.24, 2.45) is 0 Å². The third kappa shape index (κ3) is 5.15. The summed E-state index contributed by atoms with van der Waals surface area (Å²) >= 11 is 3.39. The van der Waals surface area contributed by atoms with Gasteiger partial charge in [-0.05, 0) is 54.5 Å². The van der Waals surface area contributed by atoms with Gasteiger partial charge in [-0.25, -0.2) is 0 Å². The molecule has 0 atom stereocenters. The first kappa shape index (κ1) is 16.5. The molecule has 0 aliphatic heterocycles. The number of benzene rings is 2. The minimum absolute atomic E-state index is 0.0111. The van der Waals surface area contributed by atoms with Crippen molar-refractivity contribution in [3.63, 3.8) is 0 Å². The number of allylic oxidation sites excluding steroid dienone is 1. The van der Waals surface area contributed by atoms with Crippen LogP contribution in [-0.2, 0) is 0 Å². The number of ketones is 1. The van der Waals surface area contributed by atoms with E-state index in [1.54, 1.807) is 18.2 Å². The highest BCUT2D eigenvalue weighted by Crippen LogP contribution is 2.15. The molecule has 0 saturated heterocycles. The molecule has 0 fully saturated rings. The minimum Gasteiger partial charge on any atom is -0.494 e. The zero-order valence-corrected chi connectivity index (χ0v) is 14.2. The fraction of sp³-hybridized carbons (Fsp3) is 0.211. The van der Waals surface area contributed by atoms with Crippen LogP contribution in [-0.4, -0.2) is 12.4 Å². The summed E-state index contributed by atoms with van der Waals surface area (Å²) in [4.78, 5) is 12.1. The molecule has 0 aromatic heterocycles. The Morgan fingerprint density at radius 2 is 1.77 bits per heavy atom. The number of unbranched alkanes of at least 4 members (excludes halogenated alkanes) is 1. The summed E-state index contributed by atoms with van der Waals surface area (Å²) in [6.07, 6.45) is 5.56. The van der Waals surface area contributed by atoms with Crippen molar-refractivity contribution in [3.05, 3.63) is 70.2 Å². The Bertz CT molecular complexity index is 627. The van der Waals surface area contributed by atoms with Crippen molar-refractivity contribution in [2.45, 2.75) is 19.8 Å². The van der Waals surface area contributed by atoms with E-state index in [1.165, 1.54) is 0 Å². The van der Waals surface area contributed by atoms with E-state index in [0.29, 0.717) is 12.2 Å². The van der Waals surface area contributed by atoms with Gasteiger partial charge in [-0.1, -0.05) is 47.5 Å². The van der Waals surface area contributed by atoms with E-state index in [-0.39, 0.29) is 5.78 Å². The van der Waals surface area contributed by atoms with Crippen molar-refractivity contribution in [1.29, 1.82) is 0 Å². The van der Waals surface area contributed by atoms with Crippen LogP contribution >= 0.6 is 15.9 Å². The Kier molecular flexibility index (Phi) is 6.41. The minimum atomic E-state index is -0.0111. The third-order valence-corrected chi connectivity index (χ3v) is 3.73. The molecule has 0 unspecified atom stereocenters. The molecular formula is C19H19BrO2. The van der Waals surface area contributed by atoms with Gasteiger partial charge in [-0.2, -0.15) is 0 Å². The second-order valence-corrected chi connectivity index (χ2v) is 5.89. The van der Waals surface area contributed by atoms with Gasteiger partial charge in [-0.15, -0.1) is 0 Å². The zero-order chi connectivity index (χ0) is 15.8. The normalized spacial score (nSPS) is 10.8. The largest absolute Gasteiger partial charge is 0.494 e. The number of carbonyl (C=O) groups is 1. The maximum atomic E-state index is 12.1. The number of carbonyl (C=O) groups excluding carboxylic acids is 1. The van der Waals surface area contributed by atoms with E-state index in [9.17, 15) is 4.79 Å². The lowest BCUT2D eigenvalue weighted by Gasteiger charge is -2.05. The lowest BCUT2D eigenvalue weighted by Crippen LogP contribution is -1.98. The van der Waals surface area contributed by atoms with Gasteiger partial charge < -0.3 is 4.74 Å². The molecule has 2 aromatic carbocycles. The fourth-order valence-corrected chi connectivity index (χ4v) is 2.16. The molecule has 0 aliphatic carbocycles. The van der Waals surface area contributed by atoms with Crippen molar-refractivity contribution < 1.29 is 9.53 Å². The first-order valence-corrected chi connectivity index (χ1v) is 8.19. The summed E-state index contributed by atoms with van der Waals surface area (Å²) in [5, 5.41) is 0. The lowest BCUT2D eigenvalue weighted by atomic mass is 10.1. The van der Waals surface area contributed by atoms with E-state index < -0.39 is 0 Å². The first-order valence-electron chi connectivity index (χ1n) is 7.40. The standard InChI is InChI=1S/C19H19BrO2/c1-2-3-14-22-18-11-7-16(8-12-18)19(21)13-6-15-4-9-17(20)10-5-15/h4-13H,2-3,14H2,1H3. The zero-order valence-electron chi connectivity index (χ0n) is 12.6. The third-order valence-electron chi connectivity index (χ3n) is 3.20. The van der Waals surface area contributed by atoms with Gasteiger partial charge >= 0.3 is 0 Å². The molecule has 3 heteroatoms. The number of halogens is 1. The highest BCUT2D eigenvalue weighted by atomic mass is 79.9. The maximum Gasteiger partial charge on any atom is 0.185 e. The fourth-order valence-electron chi connectivity index (χ4n) is 1.89. The van der Waals surface area contributed by atoms with Gasteiger partial charge in [0.05, 0.1) is 6.61 Å². The summed E-state index contributed by atoms with van der Waals surface area (Å²) < 4.78 is 6.61. The molecule has 0 N–H and O–H groups in total. The number of hydrogen-bond acceptors (Lipinski definition) is 2. The molecule has 2 aromatic rings. The van der Waals surface area contributed by atoms with Crippen molar-refractivity contribution in [3.8, 4) is 5.75 Å². The summed E-state index contributed by atoms with van der Waals surface area (Å²) in [6.45, 7) is 2.84. The Balaban J connectivity index is 1.96. The average Bonchev–Trinajstić information content (AvgIpc) is 2.55. The van der Waals surface area contributed by atoms with Gasteiger partial charge in [0.25, 0.3) is 0 Å². The molecule has 114 valence electrons. The summed E-state index contributed by atoms with van der Waals surface area (Å²) in [7, 11) is 0. The molecule has 2 nitrogen and oxygen atoms in total. The van der Waals surface area contributed by atoms with E-state index in [1.807, 2.05) is 42.5 Å². The monoisotopic (exact) mass is 358 g/mol. The van der Waals surface area contributed by atoms with E-state index >= 15 is 0 Å². The molecule has 0 saturated carbocycles.